The predicted octanol–water partition coefficient (Wildman–Crippen LogP) is 2.93. The standard InChI is InChI=1S/C19H17N3O/c23-19-16-10-11-20-17-9-5-4-8-15(17)18(16)21-13-22(19)12-14-6-2-1-3-7-14/h1-9,13,20H,10-12H2. The Bertz CT molecular complexity index is 900. The highest BCUT2D eigenvalue weighted by Crippen LogP contribution is 2.30. The number of hydrogen-bond acceptors (Lipinski definition) is 3. The summed E-state index contributed by atoms with van der Waals surface area (Å²) in [7, 11) is 0. The lowest BCUT2D eigenvalue weighted by Crippen LogP contribution is -2.26. The maximum Gasteiger partial charge on any atom is 0.257 e. The molecule has 0 radical (unpaired) electrons. The summed E-state index contributed by atoms with van der Waals surface area (Å²) in [6, 6.07) is 18.0. The predicted molar refractivity (Wildman–Crippen MR) is 91.7 cm³/mol. The number of benzene rings is 2. The molecule has 0 amide bonds. The van der Waals surface area contributed by atoms with E-state index in [0.29, 0.717) is 13.0 Å². The van der Waals surface area contributed by atoms with Crippen LogP contribution in [0.4, 0.5) is 5.69 Å². The Hall–Kier alpha value is -2.88. The number of nitrogens with zero attached hydrogens (tertiary/aromatic N) is 2. The van der Waals surface area contributed by atoms with Crippen molar-refractivity contribution in [2.24, 2.45) is 0 Å². The summed E-state index contributed by atoms with van der Waals surface area (Å²) in [4.78, 5) is 17.5. The van der Waals surface area contributed by atoms with Gasteiger partial charge in [0.1, 0.15) is 0 Å². The number of rotatable bonds is 2. The van der Waals surface area contributed by atoms with Gasteiger partial charge in [-0.2, -0.15) is 0 Å². The summed E-state index contributed by atoms with van der Waals surface area (Å²) in [6.07, 6.45) is 2.35. The molecule has 2 heterocycles. The topological polar surface area (TPSA) is 46.9 Å². The number of aromatic nitrogens is 2. The quantitative estimate of drug-likeness (QED) is 0.792. The van der Waals surface area contributed by atoms with Gasteiger partial charge in [0.15, 0.2) is 0 Å². The zero-order valence-electron chi connectivity index (χ0n) is 12.7. The smallest absolute Gasteiger partial charge is 0.257 e. The van der Waals surface area contributed by atoms with Gasteiger partial charge in [-0.15, -0.1) is 0 Å². The number of anilines is 1. The number of hydrogen-bond donors (Lipinski definition) is 1. The molecule has 0 bridgehead atoms. The molecule has 2 aromatic carbocycles. The third kappa shape index (κ3) is 2.52. The van der Waals surface area contributed by atoms with Crippen LogP contribution in [-0.2, 0) is 13.0 Å². The third-order valence-corrected chi connectivity index (χ3v) is 4.20. The lowest BCUT2D eigenvalue weighted by molar-refractivity contribution is 0.722. The van der Waals surface area contributed by atoms with Crippen LogP contribution in [0.1, 0.15) is 11.1 Å². The maximum absolute atomic E-state index is 12.9. The van der Waals surface area contributed by atoms with Gasteiger partial charge in [0.2, 0.25) is 0 Å². The average molecular weight is 303 g/mol. The fourth-order valence-electron chi connectivity index (χ4n) is 3.05. The molecule has 114 valence electrons. The summed E-state index contributed by atoms with van der Waals surface area (Å²) in [5.41, 5.74) is 4.80. The van der Waals surface area contributed by atoms with Crippen molar-refractivity contribution < 1.29 is 0 Å². The fraction of sp³-hybridized carbons (Fsp3) is 0.158. The molecule has 0 aliphatic carbocycles. The van der Waals surface area contributed by atoms with Crippen LogP contribution in [0.15, 0.2) is 65.7 Å². The SMILES string of the molecule is O=c1c2c(ncn1Cc1ccccc1)-c1ccccc1NCC2. The molecule has 0 saturated heterocycles. The van der Waals surface area contributed by atoms with Crippen molar-refractivity contribution >= 4 is 5.69 Å². The summed E-state index contributed by atoms with van der Waals surface area (Å²) >= 11 is 0. The number of fused-ring (bicyclic) bond motifs is 3. The molecular formula is C19H17N3O. The molecule has 1 N–H and O–H groups in total. The molecular weight excluding hydrogens is 286 g/mol. The monoisotopic (exact) mass is 303 g/mol. The highest BCUT2D eigenvalue weighted by molar-refractivity contribution is 5.78. The van der Waals surface area contributed by atoms with Gasteiger partial charge in [-0.3, -0.25) is 9.36 Å². The summed E-state index contributed by atoms with van der Waals surface area (Å²) in [5.74, 6) is 0. The molecule has 0 atom stereocenters. The third-order valence-electron chi connectivity index (χ3n) is 4.20. The van der Waals surface area contributed by atoms with Crippen molar-refractivity contribution in [3.63, 3.8) is 0 Å². The molecule has 1 aliphatic heterocycles. The van der Waals surface area contributed by atoms with Gasteiger partial charge in [0.25, 0.3) is 5.56 Å². The molecule has 4 heteroatoms. The van der Waals surface area contributed by atoms with Crippen molar-refractivity contribution in [3.8, 4) is 11.3 Å². The lowest BCUT2D eigenvalue weighted by atomic mass is 10.0. The Labute approximate surface area is 134 Å². The molecule has 0 spiro atoms. The van der Waals surface area contributed by atoms with Gasteiger partial charge in [-0.1, -0.05) is 48.5 Å². The second-order valence-corrected chi connectivity index (χ2v) is 5.71. The minimum Gasteiger partial charge on any atom is -0.384 e. The Kier molecular flexibility index (Phi) is 3.42. The Morgan fingerprint density at radius 1 is 1.04 bits per heavy atom. The molecule has 1 aromatic heterocycles. The van der Waals surface area contributed by atoms with Crippen LogP contribution < -0.4 is 10.9 Å². The highest BCUT2D eigenvalue weighted by atomic mass is 16.1. The van der Waals surface area contributed by atoms with Crippen LogP contribution in [-0.4, -0.2) is 16.1 Å². The van der Waals surface area contributed by atoms with E-state index in [2.05, 4.69) is 10.3 Å². The Morgan fingerprint density at radius 3 is 2.70 bits per heavy atom. The van der Waals surface area contributed by atoms with E-state index in [4.69, 9.17) is 0 Å². The van der Waals surface area contributed by atoms with Gasteiger partial charge in [-0.05, 0) is 18.1 Å². The maximum atomic E-state index is 12.9. The van der Waals surface area contributed by atoms with E-state index in [-0.39, 0.29) is 5.56 Å². The van der Waals surface area contributed by atoms with Crippen molar-refractivity contribution in [3.05, 3.63) is 82.4 Å². The first-order valence-electron chi connectivity index (χ1n) is 7.78. The van der Waals surface area contributed by atoms with Crippen LogP contribution in [0, 0.1) is 0 Å². The van der Waals surface area contributed by atoms with Crippen LogP contribution in [0.25, 0.3) is 11.3 Å². The van der Waals surface area contributed by atoms with Gasteiger partial charge in [0.05, 0.1) is 18.6 Å². The second-order valence-electron chi connectivity index (χ2n) is 5.71. The van der Waals surface area contributed by atoms with E-state index in [1.807, 2.05) is 54.6 Å². The van der Waals surface area contributed by atoms with E-state index in [9.17, 15) is 4.79 Å². The van der Waals surface area contributed by atoms with Crippen LogP contribution in [0.5, 0.6) is 0 Å². The van der Waals surface area contributed by atoms with E-state index in [1.54, 1.807) is 10.9 Å². The van der Waals surface area contributed by atoms with Gasteiger partial charge in [-0.25, -0.2) is 4.98 Å². The van der Waals surface area contributed by atoms with Crippen molar-refractivity contribution in [1.82, 2.24) is 9.55 Å². The summed E-state index contributed by atoms with van der Waals surface area (Å²) in [5, 5.41) is 3.38. The summed E-state index contributed by atoms with van der Waals surface area (Å²) in [6.45, 7) is 1.30. The zero-order chi connectivity index (χ0) is 15.6. The van der Waals surface area contributed by atoms with E-state index >= 15 is 0 Å². The molecule has 4 nitrogen and oxygen atoms in total. The zero-order valence-corrected chi connectivity index (χ0v) is 12.7. The van der Waals surface area contributed by atoms with Gasteiger partial charge in [0, 0.05) is 23.4 Å². The molecule has 0 saturated carbocycles. The minimum absolute atomic E-state index is 0.0531. The number of nitrogens with one attached hydrogen (secondary N) is 1. The molecule has 0 fully saturated rings. The lowest BCUT2D eigenvalue weighted by Gasteiger charge is -2.11. The van der Waals surface area contributed by atoms with Crippen molar-refractivity contribution in [1.29, 1.82) is 0 Å². The van der Waals surface area contributed by atoms with Crippen molar-refractivity contribution in [2.75, 3.05) is 11.9 Å². The van der Waals surface area contributed by atoms with Gasteiger partial charge >= 0.3 is 0 Å². The summed E-state index contributed by atoms with van der Waals surface area (Å²) < 4.78 is 1.70. The van der Waals surface area contributed by atoms with Crippen molar-refractivity contribution in [2.45, 2.75) is 13.0 Å². The highest BCUT2D eigenvalue weighted by Gasteiger charge is 2.18. The first-order valence-corrected chi connectivity index (χ1v) is 7.78. The first kappa shape index (κ1) is 13.8. The fourth-order valence-corrected chi connectivity index (χ4v) is 3.05. The Balaban J connectivity index is 1.81. The first-order chi connectivity index (χ1) is 11.3. The van der Waals surface area contributed by atoms with Crippen LogP contribution >= 0.6 is 0 Å². The minimum atomic E-state index is 0.0531. The molecule has 0 unspecified atom stereocenters. The normalized spacial score (nSPS) is 12.7. The average Bonchev–Trinajstić information content (AvgIpc) is 2.78. The van der Waals surface area contributed by atoms with E-state index in [0.717, 1.165) is 34.6 Å². The molecule has 1 aliphatic rings. The van der Waals surface area contributed by atoms with Crippen LogP contribution in [0.3, 0.4) is 0 Å². The number of para-hydroxylation sites is 1. The second kappa shape index (κ2) is 5.72. The molecule has 3 aromatic rings. The largest absolute Gasteiger partial charge is 0.384 e. The van der Waals surface area contributed by atoms with Gasteiger partial charge < -0.3 is 5.32 Å². The molecule has 23 heavy (non-hydrogen) atoms. The Morgan fingerprint density at radius 2 is 1.83 bits per heavy atom. The van der Waals surface area contributed by atoms with E-state index in [1.165, 1.54) is 0 Å². The van der Waals surface area contributed by atoms with Crippen LogP contribution in [0.2, 0.25) is 0 Å². The van der Waals surface area contributed by atoms with E-state index < -0.39 is 0 Å². The molecule has 4 rings (SSSR count).